The molecule has 3 fully saturated rings. The minimum absolute atomic E-state index is 0.181. The van der Waals surface area contributed by atoms with Gasteiger partial charge in [0.15, 0.2) is 0 Å². The van der Waals surface area contributed by atoms with Crippen molar-refractivity contribution in [3.8, 4) is 0 Å². The molecule has 3 atom stereocenters. The molecule has 92 valence electrons. The largest absolute Gasteiger partial charge is 0.371 e. The van der Waals surface area contributed by atoms with Crippen molar-refractivity contribution in [3.63, 3.8) is 0 Å². The van der Waals surface area contributed by atoms with Gasteiger partial charge in [-0.15, -0.1) is 0 Å². The number of nitrogens with zero attached hydrogens (tertiary/aromatic N) is 2. The van der Waals surface area contributed by atoms with Gasteiger partial charge in [-0.1, -0.05) is 0 Å². The van der Waals surface area contributed by atoms with E-state index in [4.69, 9.17) is 0 Å². The molecule has 0 bridgehead atoms. The molecular formula is C14H20N2O. The van der Waals surface area contributed by atoms with E-state index in [2.05, 4.69) is 22.2 Å². The molecule has 1 spiro atoms. The molecule has 1 aliphatic carbocycles. The second kappa shape index (κ2) is 3.27. The van der Waals surface area contributed by atoms with Gasteiger partial charge in [-0.2, -0.15) is 0 Å². The summed E-state index contributed by atoms with van der Waals surface area (Å²) in [6.07, 6.45) is 11.2. The molecule has 0 radical (unpaired) electrons. The Labute approximate surface area is 102 Å². The zero-order valence-electron chi connectivity index (χ0n) is 10.3. The minimum Gasteiger partial charge on any atom is -0.371 e. The van der Waals surface area contributed by atoms with Crippen LogP contribution in [0.2, 0.25) is 0 Å². The molecular weight excluding hydrogens is 212 g/mol. The van der Waals surface area contributed by atoms with Gasteiger partial charge in [-0.25, -0.2) is 0 Å². The zero-order chi connectivity index (χ0) is 11.5. The molecule has 2 saturated heterocycles. The van der Waals surface area contributed by atoms with Gasteiger partial charge in [-0.3, -0.25) is 4.79 Å². The van der Waals surface area contributed by atoms with Gasteiger partial charge in [0.2, 0.25) is 0 Å². The van der Waals surface area contributed by atoms with E-state index in [9.17, 15) is 4.79 Å². The summed E-state index contributed by atoms with van der Waals surface area (Å²) in [7, 11) is 0. The average Bonchev–Trinajstić information content (AvgIpc) is 2.90. The van der Waals surface area contributed by atoms with E-state index in [1.165, 1.54) is 32.4 Å². The van der Waals surface area contributed by atoms with Crippen molar-refractivity contribution in [3.05, 3.63) is 12.4 Å². The molecule has 0 N–H and O–H groups in total. The van der Waals surface area contributed by atoms with Crippen LogP contribution in [-0.2, 0) is 4.79 Å². The number of hydrogen-bond acceptors (Lipinski definition) is 3. The first-order valence-electron chi connectivity index (χ1n) is 7.03. The molecule has 4 aliphatic rings. The topological polar surface area (TPSA) is 23.6 Å². The summed E-state index contributed by atoms with van der Waals surface area (Å²) in [5, 5.41) is 0. The summed E-state index contributed by atoms with van der Waals surface area (Å²) in [6.45, 7) is 2.36. The van der Waals surface area contributed by atoms with Crippen molar-refractivity contribution in [2.75, 3.05) is 13.1 Å². The number of hydrogen-bond donors (Lipinski definition) is 0. The molecule has 0 aromatic carbocycles. The monoisotopic (exact) mass is 232 g/mol. The van der Waals surface area contributed by atoms with Crippen LogP contribution in [0.4, 0.5) is 0 Å². The summed E-state index contributed by atoms with van der Waals surface area (Å²) < 4.78 is 0. The lowest BCUT2D eigenvalue weighted by Gasteiger charge is -2.53. The summed E-state index contributed by atoms with van der Waals surface area (Å²) in [6, 6.07) is 0.615. The summed E-state index contributed by atoms with van der Waals surface area (Å²) in [5.41, 5.74) is 0.181. The first kappa shape index (κ1) is 9.98. The maximum Gasteiger partial charge on any atom is 0.135 e. The van der Waals surface area contributed by atoms with Crippen molar-refractivity contribution in [1.29, 1.82) is 0 Å². The third-order valence-corrected chi connectivity index (χ3v) is 5.52. The lowest BCUT2D eigenvalue weighted by Crippen LogP contribution is -2.62. The van der Waals surface area contributed by atoms with Crippen molar-refractivity contribution >= 4 is 5.78 Å². The Morgan fingerprint density at radius 1 is 1.18 bits per heavy atom. The van der Waals surface area contributed by atoms with E-state index in [-0.39, 0.29) is 5.54 Å². The lowest BCUT2D eigenvalue weighted by molar-refractivity contribution is -0.127. The Morgan fingerprint density at radius 2 is 2.12 bits per heavy atom. The van der Waals surface area contributed by atoms with Gasteiger partial charge in [-0.05, 0) is 31.6 Å². The lowest BCUT2D eigenvalue weighted by atomic mass is 9.67. The van der Waals surface area contributed by atoms with E-state index >= 15 is 0 Å². The highest BCUT2D eigenvalue weighted by Crippen LogP contribution is 2.51. The van der Waals surface area contributed by atoms with Gasteiger partial charge >= 0.3 is 0 Å². The highest BCUT2D eigenvalue weighted by molar-refractivity contribution is 5.81. The van der Waals surface area contributed by atoms with Crippen LogP contribution in [-0.4, -0.2) is 40.3 Å². The standard InChI is InChI=1S/C14H20N2O/c17-12-4-3-11-5-7-16-9-8-15-6-1-2-13(15)14(11,16)10-12/h8-9,11,13H,1-7,10H2. The summed E-state index contributed by atoms with van der Waals surface area (Å²) in [5.74, 6) is 1.26. The van der Waals surface area contributed by atoms with Gasteiger partial charge < -0.3 is 9.80 Å². The molecule has 3 nitrogen and oxygen atoms in total. The van der Waals surface area contributed by atoms with Gasteiger partial charge in [0.25, 0.3) is 0 Å². The van der Waals surface area contributed by atoms with Crippen LogP contribution >= 0.6 is 0 Å². The molecule has 3 heteroatoms. The predicted molar refractivity (Wildman–Crippen MR) is 65.3 cm³/mol. The predicted octanol–water partition coefficient (Wildman–Crippen LogP) is 1.75. The second-order valence-electron chi connectivity index (χ2n) is 6.12. The molecule has 0 amide bonds. The molecule has 3 unspecified atom stereocenters. The molecule has 3 heterocycles. The van der Waals surface area contributed by atoms with E-state index in [0.29, 0.717) is 11.8 Å². The number of rotatable bonds is 0. The van der Waals surface area contributed by atoms with Crippen molar-refractivity contribution in [2.45, 2.75) is 50.1 Å². The van der Waals surface area contributed by atoms with Gasteiger partial charge in [0.1, 0.15) is 5.78 Å². The van der Waals surface area contributed by atoms with E-state index in [0.717, 1.165) is 25.2 Å². The SMILES string of the molecule is O=C1CCC2CCN3C=CN4CCCC4C23C1. The Morgan fingerprint density at radius 3 is 3.06 bits per heavy atom. The van der Waals surface area contributed by atoms with E-state index in [1.807, 2.05) is 0 Å². The number of carbonyl (C=O) groups is 1. The Balaban J connectivity index is 1.80. The number of ketones is 1. The molecule has 4 rings (SSSR count). The van der Waals surface area contributed by atoms with Crippen LogP contribution in [0.1, 0.15) is 38.5 Å². The molecule has 0 aromatic rings. The zero-order valence-corrected chi connectivity index (χ0v) is 10.3. The number of Topliss-reactive ketones (excluding diaryl/α,β-unsaturated/α-hetero) is 1. The third kappa shape index (κ3) is 1.15. The van der Waals surface area contributed by atoms with Crippen molar-refractivity contribution in [2.24, 2.45) is 5.92 Å². The Kier molecular flexibility index (Phi) is 1.92. The summed E-state index contributed by atoms with van der Waals surface area (Å²) >= 11 is 0. The minimum atomic E-state index is 0.181. The van der Waals surface area contributed by atoms with E-state index < -0.39 is 0 Å². The van der Waals surface area contributed by atoms with Crippen LogP contribution < -0.4 is 0 Å². The van der Waals surface area contributed by atoms with Gasteiger partial charge in [0.05, 0.1) is 11.6 Å². The highest BCUT2D eigenvalue weighted by Gasteiger charge is 2.58. The quantitative estimate of drug-likeness (QED) is 0.635. The maximum absolute atomic E-state index is 12.0. The van der Waals surface area contributed by atoms with Crippen LogP contribution in [0.3, 0.4) is 0 Å². The summed E-state index contributed by atoms with van der Waals surface area (Å²) in [4.78, 5) is 17.0. The average molecular weight is 232 g/mol. The second-order valence-corrected chi connectivity index (χ2v) is 6.12. The van der Waals surface area contributed by atoms with Crippen molar-refractivity contribution < 1.29 is 4.79 Å². The molecule has 0 aromatic heterocycles. The van der Waals surface area contributed by atoms with E-state index in [1.54, 1.807) is 0 Å². The number of carbonyl (C=O) groups excluding carboxylic acids is 1. The van der Waals surface area contributed by atoms with Crippen LogP contribution in [0, 0.1) is 5.92 Å². The number of fused-ring (bicyclic) bond motifs is 1. The normalized spacial score (nSPS) is 43.6. The fourth-order valence-corrected chi connectivity index (χ4v) is 4.83. The smallest absolute Gasteiger partial charge is 0.135 e. The molecule has 17 heavy (non-hydrogen) atoms. The fraction of sp³-hybridized carbons (Fsp3) is 0.786. The Hall–Kier alpha value is -0.990. The first-order valence-corrected chi connectivity index (χ1v) is 7.03. The van der Waals surface area contributed by atoms with Crippen LogP contribution in [0.25, 0.3) is 0 Å². The molecule has 3 aliphatic heterocycles. The van der Waals surface area contributed by atoms with Crippen molar-refractivity contribution in [1.82, 2.24) is 9.80 Å². The highest BCUT2D eigenvalue weighted by atomic mass is 16.1. The van der Waals surface area contributed by atoms with Crippen LogP contribution in [0.15, 0.2) is 12.4 Å². The first-order chi connectivity index (χ1) is 8.30. The fourth-order valence-electron chi connectivity index (χ4n) is 4.83. The van der Waals surface area contributed by atoms with Gasteiger partial charge in [0, 0.05) is 38.3 Å². The Bertz CT molecular complexity index is 392. The van der Waals surface area contributed by atoms with Crippen LogP contribution in [0.5, 0.6) is 0 Å². The maximum atomic E-state index is 12.0. The third-order valence-electron chi connectivity index (χ3n) is 5.52. The molecule has 1 saturated carbocycles.